The van der Waals surface area contributed by atoms with E-state index in [1.165, 1.54) is 22.5 Å². The fourth-order valence-corrected chi connectivity index (χ4v) is 4.50. The Bertz CT molecular complexity index is 1180. The molecule has 4 aromatic rings. The van der Waals surface area contributed by atoms with E-state index in [1.807, 2.05) is 48.5 Å². The number of amides is 1. The maximum absolute atomic E-state index is 12.8. The van der Waals surface area contributed by atoms with Crippen molar-refractivity contribution in [2.75, 3.05) is 5.32 Å². The molecule has 0 unspecified atom stereocenters. The van der Waals surface area contributed by atoms with E-state index < -0.39 is 0 Å². The molecule has 0 atom stereocenters. The minimum absolute atomic E-state index is 0.183. The Morgan fingerprint density at radius 3 is 2.34 bits per heavy atom. The number of hydrogen-bond donors (Lipinski definition) is 1. The highest BCUT2D eigenvalue weighted by Gasteiger charge is 2.18. The molecule has 3 nitrogen and oxygen atoms in total. The lowest BCUT2D eigenvalue weighted by atomic mass is 10.0. The molecule has 0 bridgehead atoms. The number of thiazole rings is 1. The molecule has 1 aromatic heterocycles. The third kappa shape index (κ3) is 4.16. The van der Waals surface area contributed by atoms with Gasteiger partial charge in [-0.3, -0.25) is 10.1 Å². The van der Waals surface area contributed by atoms with Gasteiger partial charge in [0.05, 0.1) is 16.1 Å². The van der Waals surface area contributed by atoms with Crippen molar-refractivity contribution in [2.45, 2.75) is 13.8 Å². The lowest BCUT2D eigenvalue weighted by molar-refractivity contribution is 0.102. The zero-order chi connectivity index (χ0) is 20.4. The Morgan fingerprint density at radius 1 is 0.897 bits per heavy atom. The first kappa shape index (κ1) is 19.6. The van der Waals surface area contributed by atoms with E-state index in [-0.39, 0.29) is 5.91 Å². The van der Waals surface area contributed by atoms with E-state index in [2.05, 4.69) is 53.3 Å². The predicted molar refractivity (Wildman–Crippen MR) is 125 cm³/mol. The van der Waals surface area contributed by atoms with Crippen molar-refractivity contribution in [1.29, 1.82) is 0 Å². The summed E-state index contributed by atoms with van der Waals surface area (Å²) in [5.74, 6) is -0.183. The van der Waals surface area contributed by atoms with Crippen molar-refractivity contribution in [3.8, 4) is 21.7 Å². The molecule has 1 heterocycles. The molecule has 0 fully saturated rings. The normalized spacial score (nSPS) is 10.7. The first-order valence-corrected chi connectivity index (χ1v) is 10.8. The van der Waals surface area contributed by atoms with Crippen LogP contribution >= 0.6 is 27.3 Å². The molecule has 29 heavy (non-hydrogen) atoms. The number of nitrogens with zero attached hydrogens (tertiary/aromatic N) is 1. The second kappa shape index (κ2) is 8.31. The van der Waals surface area contributed by atoms with Gasteiger partial charge in [0.15, 0.2) is 5.13 Å². The second-order valence-corrected chi connectivity index (χ2v) is 8.65. The molecule has 0 saturated heterocycles. The van der Waals surface area contributed by atoms with Gasteiger partial charge < -0.3 is 0 Å². The molecule has 5 heteroatoms. The third-order valence-corrected chi connectivity index (χ3v) is 6.49. The summed E-state index contributed by atoms with van der Waals surface area (Å²) < 4.78 is 0.756. The fourth-order valence-electron chi connectivity index (χ4n) is 3.05. The lowest BCUT2D eigenvalue weighted by Crippen LogP contribution is -2.12. The largest absolute Gasteiger partial charge is 0.298 e. The average Bonchev–Trinajstić information content (AvgIpc) is 3.14. The highest BCUT2D eigenvalue weighted by atomic mass is 79.9. The SMILES string of the molecule is Cc1ccc(-c2sc(NC(=O)c3ccccc3Br)nc2-c2ccccc2)cc1C. The van der Waals surface area contributed by atoms with Crippen LogP contribution in [0.1, 0.15) is 21.5 Å². The van der Waals surface area contributed by atoms with Crippen LogP contribution in [-0.2, 0) is 0 Å². The standard InChI is InChI=1S/C24H19BrN2OS/c1-15-12-13-18(14-16(15)2)22-21(17-8-4-3-5-9-17)26-24(29-22)27-23(28)19-10-6-7-11-20(19)25/h3-14H,1-2H3,(H,26,27,28). The zero-order valence-corrected chi connectivity index (χ0v) is 18.5. The molecule has 1 amide bonds. The van der Waals surface area contributed by atoms with Crippen molar-refractivity contribution in [3.63, 3.8) is 0 Å². The molecule has 0 aliphatic rings. The number of carbonyl (C=O) groups excluding carboxylic acids is 1. The molecule has 0 aliphatic heterocycles. The first-order chi connectivity index (χ1) is 14.0. The number of aromatic nitrogens is 1. The number of anilines is 1. The molecule has 0 aliphatic carbocycles. The smallest absolute Gasteiger partial charge is 0.258 e. The summed E-state index contributed by atoms with van der Waals surface area (Å²) in [5, 5.41) is 3.55. The van der Waals surface area contributed by atoms with Gasteiger partial charge in [-0.05, 0) is 58.6 Å². The predicted octanol–water partition coefficient (Wildman–Crippen LogP) is 7.11. The quantitative estimate of drug-likeness (QED) is 0.351. The second-order valence-electron chi connectivity index (χ2n) is 6.80. The van der Waals surface area contributed by atoms with Crippen LogP contribution in [0, 0.1) is 13.8 Å². The van der Waals surface area contributed by atoms with Gasteiger partial charge in [-0.2, -0.15) is 0 Å². The van der Waals surface area contributed by atoms with Crippen LogP contribution in [0.2, 0.25) is 0 Å². The highest BCUT2D eigenvalue weighted by Crippen LogP contribution is 2.39. The summed E-state index contributed by atoms with van der Waals surface area (Å²) in [4.78, 5) is 18.6. The van der Waals surface area contributed by atoms with Gasteiger partial charge >= 0.3 is 0 Å². The molecule has 1 N–H and O–H groups in total. The monoisotopic (exact) mass is 462 g/mol. The molecule has 0 spiro atoms. The van der Waals surface area contributed by atoms with Gasteiger partial charge in [0.25, 0.3) is 5.91 Å². The van der Waals surface area contributed by atoms with E-state index >= 15 is 0 Å². The summed E-state index contributed by atoms with van der Waals surface area (Å²) in [7, 11) is 0. The molecular weight excluding hydrogens is 444 g/mol. The van der Waals surface area contributed by atoms with Crippen molar-refractivity contribution >= 4 is 38.3 Å². The van der Waals surface area contributed by atoms with Crippen LogP contribution in [0.25, 0.3) is 21.7 Å². The Balaban J connectivity index is 1.76. The minimum atomic E-state index is -0.183. The number of carbonyl (C=O) groups is 1. The van der Waals surface area contributed by atoms with Gasteiger partial charge in [-0.25, -0.2) is 4.98 Å². The Hall–Kier alpha value is -2.76. The zero-order valence-electron chi connectivity index (χ0n) is 16.1. The number of rotatable bonds is 4. The number of benzene rings is 3. The van der Waals surface area contributed by atoms with Crippen molar-refractivity contribution < 1.29 is 4.79 Å². The Morgan fingerprint density at radius 2 is 1.62 bits per heavy atom. The van der Waals surface area contributed by atoms with Gasteiger partial charge in [0.2, 0.25) is 0 Å². The average molecular weight is 463 g/mol. The number of halogens is 1. The van der Waals surface area contributed by atoms with Crippen LogP contribution in [0.3, 0.4) is 0 Å². The molecule has 3 aromatic carbocycles. The van der Waals surface area contributed by atoms with Gasteiger partial charge in [0, 0.05) is 10.0 Å². The first-order valence-electron chi connectivity index (χ1n) is 9.22. The lowest BCUT2D eigenvalue weighted by Gasteiger charge is -2.05. The minimum Gasteiger partial charge on any atom is -0.298 e. The summed E-state index contributed by atoms with van der Waals surface area (Å²) >= 11 is 4.93. The van der Waals surface area contributed by atoms with Crippen LogP contribution in [0.5, 0.6) is 0 Å². The van der Waals surface area contributed by atoms with Crippen molar-refractivity contribution in [1.82, 2.24) is 4.98 Å². The molecule has 0 saturated carbocycles. The summed E-state index contributed by atoms with van der Waals surface area (Å²) in [6.07, 6.45) is 0. The summed E-state index contributed by atoms with van der Waals surface area (Å²) in [6, 6.07) is 23.8. The van der Waals surface area contributed by atoms with E-state index in [0.717, 1.165) is 26.2 Å². The van der Waals surface area contributed by atoms with Crippen LogP contribution in [0.15, 0.2) is 77.3 Å². The highest BCUT2D eigenvalue weighted by molar-refractivity contribution is 9.10. The van der Waals surface area contributed by atoms with E-state index in [0.29, 0.717) is 10.7 Å². The maximum Gasteiger partial charge on any atom is 0.258 e. The molecular formula is C24H19BrN2OS. The topological polar surface area (TPSA) is 42.0 Å². The van der Waals surface area contributed by atoms with Crippen LogP contribution in [0.4, 0.5) is 5.13 Å². The maximum atomic E-state index is 12.8. The summed E-state index contributed by atoms with van der Waals surface area (Å²) in [6.45, 7) is 4.21. The van der Waals surface area contributed by atoms with E-state index in [4.69, 9.17) is 4.98 Å². The fraction of sp³-hybridized carbons (Fsp3) is 0.0833. The summed E-state index contributed by atoms with van der Waals surface area (Å²) in [5.41, 5.74) is 6.07. The van der Waals surface area contributed by atoms with Gasteiger partial charge in [-0.1, -0.05) is 72.0 Å². The van der Waals surface area contributed by atoms with E-state index in [1.54, 1.807) is 6.07 Å². The Kier molecular flexibility index (Phi) is 5.60. The molecule has 144 valence electrons. The van der Waals surface area contributed by atoms with Gasteiger partial charge in [0.1, 0.15) is 0 Å². The van der Waals surface area contributed by atoms with Crippen LogP contribution < -0.4 is 5.32 Å². The molecule has 0 radical (unpaired) electrons. The number of hydrogen-bond acceptors (Lipinski definition) is 3. The van der Waals surface area contributed by atoms with Crippen molar-refractivity contribution in [3.05, 3.63) is 94.0 Å². The Labute approximate surface area is 182 Å². The number of aryl methyl sites for hydroxylation is 2. The van der Waals surface area contributed by atoms with Gasteiger partial charge in [-0.15, -0.1) is 0 Å². The van der Waals surface area contributed by atoms with Crippen LogP contribution in [-0.4, -0.2) is 10.9 Å². The third-order valence-electron chi connectivity index (χ3n) is 4.78. The molecule has 4 rings (SSSR count). The van der Waals surface area contributed by atoms with E-state index in [9.17, 15) is 4.79 Å². The number of nitrogens with one attached hydrogen (secondary N) is 1. The van der Waals surface area contributed by atoms with Crippen molar-refractivity contribution in [2.24, 2.45) is 0 Å².